The largest absolute Gasteiger partial charge is 0.300 e. The molecule has 0 unspecified atom stereocenters. The van der Waals surface area contributed by atoms with Crippen molar-refractivity contribution in [3.63, 3.8) is 0 Å². The second kappa shape index (κ2) is 7.26. The molecule has 11 heavy (non-hydrogen) atoms. The third kappa shape index (κ3) is 9.15. The second-order valence-corrected chi connectivity index (χ2v) is 2.52. The summed E-state index contributed by atoms with van der Waals surface area (Å²) in [7, 11) is 0. The minimum absolute atomic E-state index is 0.265. The number of hydrogen-bond acceptors (Lipinski definition) is 1. The molecule has 0 aromatic rings. The molecule has 0 aromatic heterocycles. The Morgan fingerprint density at radius 2 is 2.00 bits per heavy atom. The zero-order chi connectivity index (χ0) is 8.53. The molecule has 1 heteroatoms. The Morgan fingerprint density at radius 1 is 1.27 bits per heavy atom. The van der Waals surface area contributed by atoms with Gasteiger partial charge in [-0.1, -0.05) is 24.3 Å². The molecule has 0 bridgehead atoms. The molecule has 0 aliphatic heterocycles. The first kappa shape index (κ1) is 10.2. The van der Waals surface area contributed by atoms with Crippen molar-refractivity contribution in [3.05, 3.63) is 24.3 Å². The van der Waals surface area contributed by atoms with Gasteiger partial charge in [-0.3, -0.25) is 0 Å². The van der Waals surface area contributed by atoms with Gasteiger partial charge in [0.25, 0.3) is 0 Å². The van der Waals surface area contributed by atoms with E-state index in [1.807, 2.05) is 13.0 Å². The Balaban J connectivity index is 3.23. The van der Waals surface area contributed by atoms with Crippen LogP contribution in [-0.2, 0) is 4.79 Å². The van der Waals surface area contributed by atoms with E-state index in [4.69, 9.17) is 0 Å². The number of carbonyl (C=O) groups excluding carboxylic acids is 1. The van der Waals surface area contributed by atoms with Crippen molar-refractivity contribution in [2.45, 2.75) is 33.1 Å². The van der Waals surface area contributed by atoms with E-state index in [2.05, 4.69) is 18.2 Å². The van der Waals surface area contributed by atoms with E-state index < -0.39 is 0 Å². The van der Waals surface area contributed by atoms with E-state index in [-0.39, 0.29) is 5.78 Å². The maximum absolute atomic E-state index is 10.5. The topological polar surface area (TPSA) is 17.1 Å². The maximum Gasteiger partial charge on any atom is 0.130 e. The summed E-state index contributed by atoms with van der Waals surface area (Å²) >= 11 is 0. The first-order valence-corrected chi connectivity index (χ1v) is 4.03. The van der Waals surface area contributed by atoms with Crippen LogP contribution in [0.1, 0.15) is 33.1 Å². The lowest BCUT2D eigenvalue weighted by Crippen LogP contribution is -1.85. The summed E-state index contributed by atoms with van der Waals surface area (Å²) in [5, 5.41) is 0. The van der Waals surface area contributed by atoms with Crippen LogP contribution >= 0.6 is 0 Å². The average Bonchev–Trinajstić information content (AvgIpc) is 1.96. The number of hydrogen-bond donors (Lipinski definition) is 0. The van der Waals surface area contributed by atoms with Crippen LogP contribution in [0.4, 0.5) is 0 Å². The van der Waals surface area contributed by atoms with Crippen LogP contribution in [0.3, 0.4) is 0 Å². The molecule has 0 saturated carbocycles. The van der Waals surface area contributed by atoms with Crippen molar-refractivity contribution in [2.24, 2.45) is 0 Å². The normalized spacial score (nSPS) is 11.5. The molecular weight excluding hydrogens is 136 g/mol. The SMILES string of the molecule is CC=CCC=CCCC(C)=O. The zero-order valence-electron chi connectivity index (χ0n) is 7.34. The highest BCUT2D eigenvalue weighted by atomic mass is 16.1. The lowest BCUT2D eigenvalue weighted by molar-refractivity contribution is -0.116. The van der Waals surface area contributed by atoms with Crippen LogP contribution in [0, 0.1) is 0 Å². The average molecular weight is 152 g/mol. The van der Waals surface area contributed by atoms with Gasteiger partial charge >= 0.3 is 0 Å². The lowest BCUT2D eigenvalue weighted by atomic mass is 10.2. The number of ketones is 1. The minimum atomic E-state index is 0.265. The highest BCUT2D eigenvalue weighted by Gasteiger charge is 1.87. The van der Waals surface area contributed by atoms with Crippen molar-refractivity contribution >= 4 is 5.78 Å². The standard InChI is InChI=1S/C10H16O/c1-3-4-5-6-7-8-9-10(2)11/h3-4,6-7H,5,8-9H2,1-2H3. The summed E-state index contributed by atoms with van der Waals surface area (Å²) in [6, 6.07) is 0. The molecule has 0 aromatic carbocycles. The summed E-state index contributed by atoms with van der Waals surface area (Å²) in [6.07, 6.45) is 10.8. The second-order valence-electron chi connectivity index (χ2n) is 2.52. The van der Waals surface area contributed by atoms with Crippen LogP contribution in [0.2, 0.25) is 0 Å². The Morgan fingerprint density at radius 3 is 2.55 bits per heavy atom. The molecule has 0 saturated heterocycles. The third-order valence-electron chi connectivity index (χ3n) is 1.34. The van der Waals surface area contributed by atoms with Crippen molar-refractivity contribution in [3.8, 4) is 0 Å². The van der Waals surface area contributed by atoms with Gasteiger partial charge in [0.05, 0.1) is 0 Å². The van der Waals surface area contributed by atoms with Gasteiger partial charge in [0.2, 0.25) is 0 Å². The lowest BCUT2D eigenvalue weighted by Gasteiger charge is -1.86. The van der Waals surface area contributed by atoms with Gasteiger partial charge < -0.3 is 4.79 Å². The summed E-state index contributed by atoms with van der Waals surface area (Å²) < 4.78 is 0. The molecule has 0 rings (SSSR count). The molecule has 1 nitrogen and oxygen atoms in total. The predicted molar refractivity (Wildman–Crippen MR) is 48.5 cm³/mol. The fourth-order valence-corrected chi connectivity index (χ4v) is 0.715. The Labute approximate surface area is 68.8 Å². The number of allylic oxidation sites excluding steroid dienone is 4. The molecule has 0 heterocycles. The minimum Gasteiger partial charge on any atom is -0.300 e. The Bertz CT molecular complexity index is 154. The van der Waals surface area contributed by atoms with Gasteiger partial charge in [0.15, 0.2) is 0 Å². The molecule has 0 amide bonds. The first-order valence-electron chi connectivity index (χ1n) is 4.03. The summed E-state index contributed by atoms with van der Waals surface area (Å²) in [4.78, 5) is 10.5. The van der Waals surface area contributed by atoms with E-state index in [1.165, 1.54) is 0 Å². The van der Waals surface area contributed by atoms with Gasteiger partial charge in [-0.15, -0.1) is 0 Å². The van der Waals surface area contributed by atoms with Gasteiger partial charge in [-0.2, -0.15) is 0 Å². The summed E-state index contributed by atoms with van der Waals surface area (Å²) in [5.74, 6) is 0.265. The molecule has 0 spiro atoms. The molecule has 62 valence electrons. The van der Waals surface area contributed by atoms with Crippen LogP contribution in [0.25, 0.3) is 0 Å². The smallest absolute Gasteiger partial charge is 0.130 e. The van der Waals surface area contributed by atoms with Gasteiger partial charge in [-0.05, 0) is 26.7 Å². The van der Waals surface area contributed by atoms with Crippen LogP contribution in [-0.4, -0.2) is 5.78 Å². The molecule has 0 aliphatic rings. The fraction of sp³-hybridized carbons (Fsp3) is 0.500. The van der Waals surface area contributed by atoms with Gasteiger partial charge in [0, 0.05) is 6.42 Å². The number of rotatable bonds is 5. The summed E-state index contributed by atoms with van der Waals surface area (Å²) in [5.41, 5.74) is 0. The zero-order valence-corrected chi connectivity index (χ0v) is 7.34. The molecule has 0 atom stereocenters. The first-order chi connectivity index (χ1) is 5.27. The highest BCUT2D eigenvalue weighted by Crippen LogP contribution is 1.94. The highest BCUT2D eigenvalue weighted by molar-refractivity contribution is 5.75. The summed E-state index contributed by atoms with van der Waals surface area (Å²) in [6.45, 7) is 3.63. The van der Waals surface area contributed by atoms with Crippen molar-refractivity contribution in [2.75, 3.05) is 0 Å². The van der Waals surface area contributed by atoms with E-state index in [9.17, 15) is 4.79 Å². The van der Waals surface area contributed by atoms with E-state index >= 15 is 0 Å². The predicted octanol–water partition coefficient (Wildman–Crippen LogP) is 2.88. The van der Waals surface area contributed by atoms with Gasteiger partial charge in [-0.25, -0.2) is 0 Å². The fourth-order valence-electron chi connectivity index (χ4n) is 0.715. The molecule has 0 N–H and O–H groups in total. The number of carbonyl (C=O) groups is 1. The molecular formula is C10H16O. The Kier molecular flexibility index (Phi) is 6.70. The third-order valence-corrected chi connectivity index (χ3v) is 1.34. The maximum atomic E-state index is 10.5. The molecule has 0 radical (unpaired) electrons. The quantitative estimate of drug-likeness (QED) is 0.553. The van der Waals surface area contributed by atoms with E-state index in [0.717, 1.165) is 12.8 Å². The van der Waals surface area contributed by atoms with Gasteiger partial charge in [0.1, 0.15) is 5.78 Å². The molecule has 0 aliphatic carbocycles. The van der Waals surface area contributed by atoms with Crippen molar-refractivity contribution in [1.29, 1.82) is 0 Å². The van der Waals surface area contributed by atoms with E-state index in [0.29, 0.717) is 6.42 Å². The van der Waals surface area contributed by atoms with Crippen LogP contribution in [0.15, 0.2) is 24.3 Å². The van der Waals surface area contributed by atoms with Crippen LogP contribution < -0.4 is 0 Å². The molecule has 0 fully saturated rings. The monoisotopic (exact) mass is 152 g/mol. The van der Waals surface area contributed by atoms with Crippen molar-refractivity contribution in [1.82, 2.24) is 0 Å². The Hall–Kier alpha value is -0.850. The van der Waals surface area contributed by atoms with E-state index in [1.54, 1.807) is 6.92 Å². The van der Waals surface area contributed by atoms with Crippen molar-refractivity contribution < 1.29 is 4.79 Å². The number of Topliss-reactive ketones (excluding diaryl/α,β-unsaturated/α-hetero) is 1. The van der Waals surface area contributed by atoms with Crippen LogP contribution in [0.5, 0.6) is 0 Å².